The van der Waals surface area contributed by atoms with Gasteiger partial charge in [-0.3, -0.25) is 0 Å². The van der Waals surface area contributed by atoms with Gasteiger partial charge in [0.15, 0.2) is 5.52 Å². The van der Waals surface area contributed by atoms with Crippen molar-refractivity contribution in [1.29, 1.82) is 0 Å². The van der Waals surface area contributed by atoms with Gasteiger partial charge in [-0.05, 0) is 24.4 Å². The maximum atomic E-state index is 4.44. The highest BCUT2D eigenvalue weighted by molar-refractivity contribution is 6.22. The number of aromatic nitrogens is 2. The Hall–Kier alpha value is -1.64. The maximum absolute atomic E-state index is 4.44. The van der Waals surface area contributed by atoms with Crippen LogP contribution in [0.2, 0.25) is 6.82 Å². The standard InChI is InChI=1S/C14H17BN2/c1-11(2)7-8-12-5-4-6-14-13(12)9-17(15-3)10-16-14/h4-11H,1-3H3/q+1/b8-7+. The lowest BCUT2D eigenvalue weighted by atomic mass is 9.99. The van der Waals surface area contributed by atoms with Crippen LogP contribution in [0.5, 0.6) is 0 Å². The van der Waals surface area contributed by atoms with E-state index in [2.05, 4.69) is 49.3 Å². The number of rotatable bonds is 3. The molecule has 0 saturated heterocycles. The summed E-state index contributed by atoms with van der Waals surface area (Å²) in [6, 6.07) is 6.22. The summed E-state index contributed by atoms with van der Waals surface area (Å²) in [4.78, 5) is 4.44. The van der Waals surface area contributed by atoms with Gasteiger partial charge in [0.05, 0.1) is 11.6 Å². The van der Waals surface area contributed by atoms with E-state index in [-0.39, 0.29) is 0 Å². The molecule has 2 rings (SSSR count). The van der Waals surface area contributed by atoms with Crippen molar-refractivity contribution < 1.29 is 4.48 Å². The van der Waals surface area contributed by atoms with E-state index in [1.165, 1.54) is 10.9 Å². The zero-order chi connectivity index (χ0) is 12.3. The van der Waals surface area contributed by atoms with Crippen LogP contribution in [0.25, 0.3) is 17.0 Å². The summed E-state index contributed by atoms with van der Waals surface area (Å²) in [5, 5.41) is 1.19. The van der Waals surface area contributed by atoms with Gasteiger partial charge in [0.25, 0.3) is 6.33 Å². The van der Waals surface area contributed by atoms with Crippen LogP contribution in [0.15, 0.2) is 36.8 Å². The van der Waals surface area contributed by atoms with Crippen LogP contribution in [-0.4, -0.2) is 12.4 Å². The minimum absolute atomic E-state index is 0.562. The third-order valence-electron chi connectivity index (χ3n) is 2.68. The number of hydrogen-bond donors (Lipinski definition) is 0. The van der Waals surface area contributed by atoms with Gasteiger partial charge in [-0.25, -0.2) is 0 Å². The lowest BCUT2D eigenvalue weighted by molar-refractivity contribution is -0.530. The van der Waals surface area contributed by atoms with Crippen molar-refractivity contribution in [1.82, 2.24) is 4.98 Å². The minimum atomic E-state index is 0.562. The zero-order valence-electron chi connectivity index (χ0n) is 10.6. The van der Waals surface area contributed by atoms with Crippen molar-refractivity contribution in [2.75, 3.05) is 0 Å². The molecule has 0 aliphatic rings. The molecule has 0 aliphatic carbocycles. The Balaban J connectivity index is 2.54. The molecule has 0 N–H and O–H groups in total. The molecule has 0 atom stereocenters. The molecule has 0 amide bonds. The molecule has 0 unspecified atom stereocenters. The predicted octanol–water partition coefficient (Wildman–Crippen LogP) is 2.71. The molecule has 3 heteroatoms. The first-order chi connectivity index (χ1) is 8.20. The van der Waals surface area contributed by atoms with Crippen LogP contribution in [0.4, 0.5) is 0 Å². The van der Waals surface area contributed by atoms with Gasteiger partial charge in [0, 0.05) is 0 Å². The van der Waals surface area contributed by atoms with E-state index >= 15 is 0 Å². The molecule has 1 aromatic heterocycles. The molecule has 0 saturated carbocycles. The van der Waals surface area contributed by atoms with Gasteiger partial charge < -0.3 is 4.48 Å². The molecule has 17 heavy (non-hydrogen) atoms. The second-order valence-electron chi connectivity index (χ2n) is 4.46. The average molecular weight is 224 g/mol. The van der Waals surface area contributed by atoms with Crippen molar-refractivity contribution in [2.45, 2.75) is 20.7 Å². The molecule has 85 valence electrons. The molecule has 1 aromatic carbocycles. The Morgan fingerprint density at radius 2 is 2.18 bits per heavy atom. The minimum Gasteiger partial charge on any atom is -0.302 e. The van der Waals surface area contributed by atoms with E-state index in [9.17, 15) is 0 Å². The summed E-state index contributed by atoms with van der Waals surface area (Å²) in [6.45, 7) is 6.36. The van der Waals surface area contributed by atoms with Crippen LogP contribution in [0.1, 0.15) is 19.4 Å². The highest BCUT2D eigenvalue weighted by Crippen LogP contribution is 2.16. The molecule has 0 aliphatic heterocycles. The largest absolute Gasteiger partial charge is 0.393 e. The Bertz CT molecular complexity index is 547. The van der Waals surface area contributed by atoms with Gasteiger partial charge >= 0.3 is 7.41 Å². The van der Waals surface area contributed by atoms with E-state index in [4.69, 9.17) is 0 Å². The molecule has 2 aromatic rings. The summed E-state index contributed by atoms with van der Waals surface area (Å²) < 4.78 is 1.98. The van der Waals surface area contributed by atoms with Gasteiger partial charge in [0.2, 0.25) is 0 Å². The average Bonchev–Trinajstić information content (AvgIpc) is 2.35. The quantitative estimate of drug-likeness (QED) is 0.732. The smallest absolute Gasteiger partial charge is 0.302 e. The van der Waals surface area contributed by atoms with E-state index in [1.807, 2.05) is 31.1 Å². The molecule has 1 heterocycles. The van der Waals surface area contributed by atoms with Crippen LogP contribution in [-0.2, 0) is 0 Å². The SMILES string of the molecule is C[B][n+]1cnc2cccc(/C=C/C(C)C)c2c1. The fraction of sp³-hybridized carbons (Fsp3) is 0.286. The number of nitrogens with zero attached hydrogens (tertiary/aromatic N) is 2. The second kappa shape index (κ2) is 5.13. The van der Waals surface area contributed by atoms with E-state index in [1.54, 1.807) is 0 Å². The third kappa shape index (κ3) is 2.73. The highest BCUT2D eigenvalue weighted by Gasteiger charge is 2.06. The fourth-order valence-electron chi connectivity index (χ4n) is 1.72. The third-order valence-corrected chi connectivity index (χ3v) is 2.68. The summed E-state index contributed by atoms with van der Waals surface area (Å²) in [5.41, 5.74) is 2.26. The maximum Gasteiger partial charge on any atom is 0.393 e. The summed E-state index contributed by atoms with van der Waals surface area (Å²) in [5.74, 6) is 0.562. The molecular weight excluding hydrogens is 207 g/mol. The number of allylic oxidation sites excluding steroid dienone is 1. The van der Waals surface area contributed by atoms with Crippen LogP contribution >= 0.6 is 0 Å². The van der Waals surface area contributed by atoms with Crippen LogP contribution < -0.4 is 4.48 Å². The van der Waals surface area contributed by atoms with Gasteiger partial charge in [-0.1, -0.05) is 43.1 Å². The zero-order valence-corrected chi connectivity index (χ0v) is 10.6. The van der Waals surface area contributed by atoms with Gasteiger partial charge in [-0.2, -0.15) is 0 Å². The Labute approximate surface area is 103 Å². The van der Waals surface area contributed by atoms with Gasteiger partial charge in [-0.15, -0.1) is 0 Å². The molecule has 0 fully saturated rings. The van der Waals surface area contributed by atoms with Crippen molar-refractivity contribution in [2.24, 2.45) is 5.92 Å². The van der Waals surface area contributed by atoms with Crippen LogP contribution in [0, 0.1) is 5.92 Å². The van der Waals surface area contributed by atoms with E-state index in [0.717, 1.165) is 5.52 Å². The van der Waals surface area contributed by atoms with Crippen molar-refractivity contribution in [3.8, 4) is 0 Å². The lowest BCUT2D eigenvalue weighted by Crippen LogP contribution is -2.37. The second-order valence-corrected chi connectivity index (χ2v) is 4.46. The van der Waals surface area contributed by atoms with E-state index in [0.29, 0.717) is 5.92 Å². The first-order valence-electron chi connectivity index (χ1n) is 5.98. The highest BCUT2D eigenvalue weighted by atomic mass is 14.9. The summed E-state index contributed by atoms with van der Waals surface area (Å²) in [6.07, 6.45) is 8.33. The fourth-order valence-corrected chi connectivity index (χ4v) is 1.72. The molecule has 0 bridgehead atoms. The summed E-state index contributed by atoms with van der Waals surface area (Å²) >= 11 is 0. The molecule has 1 radical (unpaired) electrons. The summed E-state index contributed by atoms with van der Waals surface area (Å²) in [7, 11) is 2.00. The monoisotopic (exact) mass is 224 g/mol. The number of fused-ring (bicyclic) bond motifs is 1. The first-order valence-corrected chi connectivity index (χ1v) is 5.98. The number of hydrogen-bond acceptors (Lipinski definition) is 1. The van der Waals surface area contributed by atoms with Crippen molar-refractivity contribution in [3.05, 3.63) is 42.4 Å². The number of benzene rings is 1. The van der Waals surface area contributed by atoms with Gasteiger partial charge in [0.1, 0.15) is 0 Å². The molecule has 2 nitrogen and oxygen atoms in total. The molecule has 0 spiro atoms. The Kier molecular flexibility index (Phi) is 3.57. The Morgan fingerprint density at radius 3 is 2.88 bits per heavy atom. The normalized spacial score (nSPS) is 11.5. The first kappa shape index (κ1) is 11.8. The lowest BCUT2D eigenvalue weighted by Gasteiger charge is -2.00. The van der Waals surface area contributed by atoms with Crippen molar-refractivity contribution in [3.63, 3.8) is 0 Å². The topological polar surface area (TPSA) is 16.8 Å². The van der Waals surface area contributed by atoms with E-state index < -0.39 is 0 Å². The van der Waals surface area contributed by atoms with Crippen LogP contribution in [0.3, 0.4) is 0 Å². The van der Waals surface area contributed by atoms with Crippen molar-refractivity contribution >= 4 is 24.4 Å². The predicted molar refractivity (Wildman–Crippen MR) is 72.8 cm³/mol. The Morgan fingerprint density at radius 1 is 1.35 bits per heavy atom. The molecular formula is C14H17BN2+.